The molecule has 0 saturated carbocycles. The average molecular weight is 305 g/mol. The van der Waals surface area contributed by atoms with Crippen molar-refractivity contribution in [2.75, 3.05) is 13.6 Å². The molecule has 118 valence electrons. The van der Waals surface area contributed by atoms with Crippen LogP contribution in [0.3, 0.4) is 0 Å². The van der Waals surface area contributed by atoms with Crippen molar-refractivity contribution in [2.24, 2.45) is 10.9 Å². The number of hydrogen-bond donors (Lipinski definition) is 0. The minimum absolute atomic E-state index is 0.227. The van der Waals surface area contributed by atoms with Gasteiger partial charge in [-0.15, -0.1) is 0 Å². The molecule has 3 amide bonds. The molecule has 2 aliphatic rings. The highest BCUT2D eigenvalue weighted by Crippen LogP contribution is 2.30. The number of hydrogen-bond acceptors (Lipinski definition) is 4. The SMILES string of the molecule is Cc1oc2[n+](c1C)C1C(=O)N(CCC(C)C)C(=O)N(C)C1=N2. The van der Waals surface area contributed by atoms with E-state index >= 15 is 0 Å². The first kappa shape index (κ1) is 14.7. The highest BCUT2D eigenvalue weighted by atomic mass is 16.4. The van der Waals surface area contributed by atoms with Crippen LogP contribution in [-0.4, -0.2) is 41.2 Å². The fourth-order valence-corrected chi connectivity index (χ4v) is 2.82. The van der Waals surface area contributed by atoms with E-state index in [1.165, 1.54) is 9.80 Å². The number of rotatable bonds is 3. The van der Waals surface area contributed by atoms with Crippen LogP contribution in [0.15, 0.2) is 9.41 Å². The highest BCUT2D eigenvalue weighted by molar-refractivity contribution is 6.18. The van der Waals surface area contributed by atoms with Gasteiger partial charge in [0.15, 0.2) is 5.76 Å². The van der Waals surface area contributed by atoms with Crippen LogP contribution in [0.4, 0.5) is 10.8 Å². The number of imide groups is 1. The zero-order valence-electron chi connectivity index (χ0n) is 13.6. The average Bonchev–Trinajstić information content (AvgIpc) is 2.94. The summed E-state index contributed by atoms with van der Waals surface area (Å²) in [5.41, 5.74) is 0.860. The van der Waals surface area contributed by atoms with Gasteiger partial charge in [-0.1, -0.05) is 13.8 Å². The Labute approximate surface area is 129 Å². The second kappa shape index (κ2) is 4.93. The van der Waals surface area contributed by atoms with Crippen LogP contribution in [0.1, 0.15) is 37.8 Å². The Hall–Kier alpha value is -2.18. The van der Waals surface area contributed by atoms with Gasteiger partial charge in [-0.25, -0.2) is 4.79 Å². The second-order valence-corrected chi connectivity index (χ2v) is 6.28. The van der Waals surface area contributed by atoms with Gasteiger partial charge < -0.3 is 4.42 Å². The quantitative estimate of drug-likeness (QED) is 0.798. The first-order valence-electron chi connectivity index (χ1n) is 7.52. The normalized spacial score (nSPS) is 20.6. The summed E-state index contributed by atoms with van der Waals surface area (Å²) in [7, 11) is 1.65. The molecule has 1 unspecified atom stereocenters. The predicted molar refractivity (Wildman–Crippen MR) is 78.8 cm³/mol. The number of fused-ring (bicyclic) bond motifs is 3. The monoisotopic (exact) mass is 305 g/mol. The minimum Gasteiger partial charge on any atom is -0.389 e. The fraction of sp³-hybridized carbons (Fsp3) is 0.600. The molecular formula is C15H21N4O3+. The lowest BCUT2D eigenvalue weighted by Gasteiger charge is -2.32. The third kappa shape index (κ3) is 1.95. The van der Waals surface area contributed by atoms with Crippen molar-refractivity contribution < 1.29 is 18.6 Å². The van der Waals surface area contributed by atoms with Crippen molar-refractivity contribution in [1.82, 2.24) is 9.80 Å². The van der Waals surface area contributed by atoms with Crippen molar-refractivity contribution in [2.45, 2.75) is 40.2 Å². The summed E-state index contributed by atoms with van der Waals surface area (Å²) in [6.07, 6.45) is 0.783. The maximum absolute atomic E-state index is 12.8. The predicted octanol–water partition coefficient (Wildman–Crippen LogP) is 1.71. The van der Waals surface area contributed by atoms with Crippen LogP contribution >= 0.6 is 0 Å². The molecule has 1 aromatic rings. The molecule has 0 aromatic carbocycles. The Morgan fingerprint density at radius 3 is 2.64 bits per heavy atom. The molecule has 1 fully saturated rings. The summed E-state index contributed by atoms with van der Waals surface area (Å²) >= 11 is 0. The first-order valence-corrected chi connectivity index (χ1v) is 7.52. The molecule has 1 atom stereocenters. The molecule has 1 aromatic heterocycles. The van der Waals surface area contributed by atoms with Crippen molar-refractivity contribution in [1.29, 1.82) is 0 Å². The molecule has 0 N–H and O–H groups in total. The van der Waals surface area contributed by atoms with E-state index in [4.69, 9.17) is 4.42 Å². The minimum atomic E-state index is -0.595. The summed E-state index contributed by atoms with van der Waals surface area (Å²) in [6, 6.07) is -0.531. The van der Waals surface area contributed by atoms with E-state index in [1.807, 2.05) is 13.8 Å². The molecule has 2 aliphatic heterocycles. The molecule has 0 radical (unpaired) electrons. The Kier molecular flexibility index (Phi) is 3.30. The number of urea groups is 1. The van der Waals surface area contributed by atoms with Crippen LogP contribution < -0.4 is 4.57 Å². The van der Waals surface area contributed by atoms with Crippen molar-refractivity contribution in [3.8, 4) is 0 Å². The Balaban J connectivity index is 1.99. The summed E-state index contributed by atoms with van der Waals surface area (Å²) in [6.45, 7) is 8.30. The van der Waals surface area contributed by atoms with E-state index in [1.54, 1.807) is 11.6 Å². The number of aromatic nitrogens is 1. The molecule has 0 spiro atoms. The van der Waals surface area contributed by atoms with Gasteiger partial charge in [-0.3, -0.25) is 14.6 Å². The van der Waals surface area contributed by atoms with E-state index in [0.717, 1.165) is 17.9 Å². The number of aryl methyl sites for hydroxylation is 1. The molecule has 1 saturated heterocycles. The van der Waals surface area contributed by atoms with Crippen molar-refractivity contribution in [3.05, 3.63) is 11.5 Å². The van der Waals surface area contributed by atoms with Crippen molar-refractivity contribution >= 4 is 23.8 Å². The number of aliphatic imine (C=N–C) groups is 1. The van der Waals surface area contributed by atoms with Gasteiger partial charge in [-0.05, 0) is 19.3 Å². The Bertz CT molecular complexity index is 689. The second-order valence-electron chi connectivity index (χ2n) is 6.28. The number of carbonyl (C=O) groups excluding carboxylic acids is 2. The number of oxazole rings is 1. The zero-order valence-corrected chi connectivity index (χ0v) is 13.6. The van der Waals surface area contributed by atoms with Crippen LogP contribution in [0.5, 0.6) is 0 Å². The maximum Gasteiger partial charge on any atom is 0.507 e. The van der Waals surface area contributed by atoms with E-state index in [-0.39, 0.29) is 11.9 Å². The third-order valence-corrected chi connectivity index (χ3v) is 4.33. The van der Waals surface area contributed by atoms with E-state index in [0.29, 0.717) is 24.3 Å². The van der Waals surface area contributed by atoms with Crippen LogP contribution in [0, 0.1) is 19.8 Å². The van der Waals surface area contributed by atoms with E-state index in [9.17, 15) is 9.59 Å². The lowest BCUT2D eigenvalue weighted by molar-refractivity contribution is -0.685. The lowest BCUT2D eigenvalue weighted by atomic mass is 10.1. The Morgan fingerprint density at radius 2 is 2.00 bits per heavy atom. The van der Waals surface area contributed by atoms with Crippen LogP contribution in [-0.2, 0) is 4.79 Å². The third-order valence-electron chi connectivity index (χ3n) is 4.33. The summed E-state index contributed by atoms with van der Waals surface area (Å²) in [5.74, 6) is 1.37. The standard InChI is InChI=1S/C15H21N4O3/c1-8(2)6-7-18-13(20)11-12(17(5)15(18)21)16-14-19(11)9(3)10(4)22-14/h8,11H,6-7H2,1-5H3/q+1. The van der Waals surface area contributed by atoms with Gasteiger partial charge >= 0.3 is 12.0 Å². The topological polar surface area (TPSA) is 70.0 Å². The molecule has 3 heterocycles. The largest absolute Gasteiger partial charge is 0.507 e. The smallest absolute Gasteiger partial charge is 0.389 e. The van der Waals surface area contributed by atoms with E-state index < -0.39 is 6.04 Å². The summed E-state index contributed by atoms with van der Waals surface area (Å²) < 4.78 is 7.36. The fourth-order valence-electron chi connectivity index (χ4n) is 2.82. The molecule has 0 bridgehead atoms. The zero-order chi connectivity index (χ0) is 16.2. The molecule has 7 nitrogen and oxygen atoms in total. The maximum atomic E-state index is 12.8. The van der Waals surface area contributed by atoms with Crippen LogP contribution in [0.25, 0.3) is 0 Å². The van der Waals surface area contributed by atoms with Crippen molar-refractivity contribution in [3.63, 3.8) is 0 Å². The number of amides is 3. The number of likely N-dealkylation sites (N-methyl/N-ethyl adjacent to an activating group) is 1. The highest BCUT2D eigenvalue weighted by Gasteiger charge is 2.55. The Morgan fingerprint density at radius 1 is 1.32 bits per heavy atom. The summed E-state index contributed by atoms with van der Waals surface area (Å²) in [4.78, 5) is 32.4. The molecule has 0 aliphatic carbocycles. The van der Waals surface area contributed by atoms with Gasteiger partial charge in [0, 0.05) is 25.5 Å². The van der Waals surface area contributed by atoms with Gasteiger partial charge in [-0.2, -0.15) is 4.57 Å². The number of amidine groups is 1. The molecule has 22 heavy (non-hydrogen) atoms. The summed E-state index contributed by atoms with van der Waals surface area (Å²) in [5, 5.41) is 0. The lowest BCUT2D eigenvalue weighted by Crippen LogP contribution is -2.63. The molecule has 3 rings (SSSR count). The number of carbonyl (C=O) groups is 2. The molecule has 7 heteroatoms. The van der Waals surface area contributed by atoms with Crippen LogP contribution in [0.2, 0.25) is 0 Å². The first-order chi connectivity index (χ1) is 10.3. The van der Waals surface area contributed by atoms with Gasteiger partial charge in [0.1, 0.15) is 5.69 Å². The number of nitrogens with zero attached hydrogens (tertiary/aromatic N) is 4. The van der Waals surface area contributed by atoms with Gasteiger partial charge in [0.2, 0.25) is 0 Å². The van der Waals surface area contributed by atoms with Gasteiger partial charge in [0.25, 0.3) is 17.8 Å². The van der Waals surface area contributed by atoms with Gasteiger partial charge in [0.05, 0.1) is 0 Å². The molecular weight excluding hydrogens is 284 g/mol. The van der Waals surface area contributed by atoms with E-state index in [2.05, 4.69) is 18.8 Å².